The predicted molar refractivity (Wildman–Crippen MR) is 122 cm³/mol. The van der Waals surface area contributed by atoms with Gasteiger partial charge in [0.1, 0.15) is 0 Å². The Balaban J connectivity index is 1.95. The summed E-state index contributed by atoms with van der Waals surface area (Å²) in [6.07, 6.45) is 1.87. The van der Waals surface area contributed by atoms with Gasteiger partial charge in [-0.1, -0.05) is 38.1 Å². The second-order valence-electron chi connectivity index (χ2n) is 7.02. The zero-order chi connectivity index (χ0) is 22.2. The van der Waals surface area contributed by atoms with E-state index in [1.165, 1.54) is 0 Å². The minimum Gasteiger partial charge on any atom is -0.493 e. The summed E-state index contributed by atoms with van der Waals surface area (Å²) in [6.45, 7) is 7.48. The van der Waals surface area contributed by atoms with Crippen LogP contribution in [-0.4, -0.2) is 61.0 Å². The largest absolute Gasteiger partial charge is 0.493 e. The summed E-state index contributed by atoms with van der Waals surface area (Å²) in [6, 6.07) is 15.3. The first-order chi connectivity index (χ1) is 15.1. The Bertz CT molecular complexity index is 997. The first kappa shape index (κ1) is 22.4. The molecule has 0 atom stereocenters. The average molecular weight is 423 g/mol. The van der Waals surface area contributed by atoms with Gasteiger partial charge in [0.25, 0.3) is 5.91 Å². The number of carbonyl (C=O) groups is 1. The highest BCUT2D eigenvalue weighted by atomic mass is 16.5. The number of hydrogen-bond acceptors (Lipinski definition) is 5. The Morgan fingerprint density at radius 1 is 1.03 bits per heavy atom. The van der Waals surface area contributed by atoms with Crippen molar-refractivity contribution in [1.82, 2.24) is 20.0 Å². The van der Waals surface area contributed by atoms with E-state index in [9.17, 15) is 4.79 Å². The molecule has 31 heavy (non-hydrogen) atoms. The average Bonchev–Trinajstić information content (AvgIpc) is 3.27. The van der Waals surface area contributed by atoms with E-state index >= 15 is 0 Å². The van der Waals surface area contributed by atoms with E-state index in [1.54, 1.807) is 18.9 Å². The first-order valence-electron chi connectivity index (χ1n) is 10.5. The monoisotopic (exact) mass is 422 g/mol. The molecule has 0 fully saturated rings. The maximum Gasteiger partial charge on any atom is 0.272 e. The lowest BCUT2D eigenvalue weighted by Crippen LogP contribution is -2.35. The molecule has 0 saturated carbocycles. The van der Waals surface area contributed by atoms with Crippen LogP contribution in [0.2, 0.25) is 0 Å². The van der Waals surface area contributed by atoms with Crippen molar-refractivity contribution in [3.63, 3.8) is 0 Å². The maximum absolute atomic E-state index is 13.1. The number of methoxy groups -OCH3 is 2. The number of hydrogen-bond donors (Lipinski definition) is 1. The van der Waals surface area contributed by atoms with Gasteiger partial charge in [0.15, 0.2) is 17.2 Å². The van der Waals surface area contributed by atoms with Crippen LogP contribution < -0.4 is 14.8 Å². The van der Waals surface area contributed by atoms with Gasteiger partial charge in [-0.15, -0.1) is 0 Å². The molecule has 0 saturated heterocycles. The number of ether oxygens (including phenoxy) is 2. The topological polar surface area (TPSA) is 68.6 Å². The molecule has 0 bridgehead atoms. The lowest BCUT2D eigenvalue weighted by molar-refractivity contribution is 0.0944. The maximum atomic E-state index is 13.1. The van der Waals surface area contributed by atoms with Gasteiger partial charge in [-0.25, -0.2) is 4.68 Å². The highest BCUT2D eigenvalue weighted by Crippen LogP contribution is 2.34. The molecule has 0 aliphatic carbocycles. The fourth-order valence-corrected chi connectivity index (χ4v) is 3.42. The number of benzene rings is 2. The van der Waals surface area contributed by atoms with Gasteiger partial charge in [-0.3, -0.25) is 4.79 Å². The molecule has 0 aliphatic heterocycles. The van der Waals surface area contributed by atoms with E-state index in [0.717, 1.165) is 36.4 Å². The normalized spacial score (nSPS) is 10.9. The lowest BCUT2D eigenvalue weighted by Gasteiger charge is -2.17. The van der Waals surface area contributed by atoms with Crippen LogP contribution in [0.15, 0.2) is 54.7 Å². The Hall–Kier alpha value is -3.32. The number of nitrogens with zero attached hydrogens (tertiary/aromatic N) is 3. The molecule has 0 unspecified atom stereocenters. The Morgan fingerprint density at radius 2 is 1.74 bits per heavy atom. The van der Waals surface area contributed by atoms with Crippen LogP contribution in [0.3, 0.4) is 0 Å². The summed E-state index contributed by atoms with van der Waals surface area (Å²) < 4.78 is 12.5. The van der Waals surface area contributed by atoms with Crippen molar-refractivity contribution < 1.29 is 14.3 Å². The predicted octanol–water partition coefficient (Wildman–Crippen LogP) is 3.63. The van der Waals surface area contributed by atoms with Crippen LogP contribution in [0, 0.1) is 0 Å². The smallest absolute Gasteiger partial charge is 0.272 e. The van der Waals surface area contributed by atoms with Crippen LogP contribution in [0.25, 0.3) is 16.8 Å². The standard InChI is InChI=1S/C24H30N4O3/c1-5-27(6-2)15-14-25-24(29)23-20(17-28(26-23)19-10-8-7-9-11-19)18-12-13-21(30-3)22(16-18)31-4/h7-13,16-17H,5-6,14-15H2,1-4H3,(H,25,29). The molecule has 1 aromatic heterocycles. The number of likely N-dealkylation sites (N-methyl/N-ethyl adjacent to an activating group) is 1. The fourth-order valence-electron chi connectivity index (χ4n) is 3.42. The van der Waals surface area contributed by atoms with Gasteiger partial charge in [-0.05, 0) is 42.9 Å². The van der Waals surface area contributed by atoms with E-state index in [-0.39, 0.29) is 5.91 Å². The van der Waals surface area contributed by atoms with Crippen LogP contribution in [0.5, 0.6) is 11.5 Å². The molecule has 1 heterocycles. The van der Waals surface area contributed by atoms with E-state index in [2.05, 4.69) is 29.2 Å². The van der Waals surface area contributed by atoms with Gasteiger partial charge < -0.3 is 19.7 Å². The Labute approximate surface area is 183 Å². The van der Waals surface area contributed by atoms with Gasteiger partial charge in [-0.2, -0.15) is 5.10 Å². The molecule has 7 heteroatoms. The van der Waals surface area contributed by atoms with E-state index < -0.39 is 0 Å². The first-order valence-corrected chi connectivity index (χ1v) is 10.5. The van der Waals surface area contributed by atoms with E-state index in [0.29, 0.717) is 23.7 Å². The van der Waals surface area contributed by atoms with E-state index in [4.69, 9.17) is 9.47 Å². The number of rotatable bonds is 10. The summed E-state index contributed by atoms with van der Waals surface area (Å²) in [5.74, 6) is 1.03. The molecule has 0 spiro atoms. The number of amides is 1. The molecular formula is C24H30N4O3. The Kier molecular flexibility index (Phi) is 7.67. The number of para-hydroxylation sites is 1. The molecule has 0 radical (unpaired) electrons. The van der Waals surface area contributed by atoms with Crippen molar-refractivity contribution in [1.29, 1.82) is 0 Å². The molecule has 3 aromatic rings. The molecule has 2 aromatic carbocycles. The van der Waals surface area contributed by atoms with Crippen LogP contribution >= 0.6 is 0 Å². The van der Waals surface area contributed by atoms with Crippen LogP contribution in [0.1, 0.15) is 24.3 Å². The third-order valence-electron chi connectivity index (χ3n) is 5.25. The highest BCUT2D eigenvalue weighted by molar-refractivity contribution is 5.99. The van der Waals surface area contributed by atoms with E-state index in [1.807, 2.05) is 54.7 Å². The summed E-state index contributed by atoms with van der Waals surface area (Å²) in [7, 11) is 3.19. The number of aromatic nitrogens is 2. The van der Waals surface area contributed by atoms with Gasteiger partial charge in [0, 0.05) is 24.8 Å². The number of carbonyl (C=O) groups excluding carboxylic acids is 1. The van der Waals surface area contributed by atoms with Crippen molar-refractivity contribution in [3.8, 4) is 28.3 Å². The SMILES string of the molecule is CCN(CC)CCNC(=O)c1nn(-c2ccccc2)cc1-c1ccc(OC)c(OC)c1. The molecule has 3 rings (SSSR count). The summed E-state index contributed by atoms with van der Waals surface area (Å²) in [5, 5.41) is 7.62. The molecule has 1 amide bonds. The van der Waals surface area contributed by atoms with Crippen molar-refractivity contribution in [2.24, 2.45) is 0 Å². The molecule has 1 N–H and O–H groups in total. The lowest BCUT2D eigenvalue weighted by atomic mass is 10.1. The summed E-state index contributed by atoms with van der Waals surface area (Å²) in [5.41, 5.74) is 2.81. The molecule has 164 valence electrons. The highest BCUT2D eigenvalue weighted by Gasteiger charge is 2.20. The minimum atomic E-state index is -0.202. The minimum absolute atomic E-state index is 0.202. The summed E-state index contributed by atoms with van der Waals surface area (Å²) >= 11 is 0. The van der Waals surface area contributed by atoms with Crippen molar-refractivity contribution >= 4 is 5.91 Å². The third-order valence-corrected chi connectivity index (χ3v) is 5.25. The Morgan fingerprint density at radius 3 is 2.39 bits per heavy atom. The third kappa shape index (κ3) is 5.24. The van der Waals surface area contributed by atoms with Crippen molar-refractivity contribution in [3.05, 3.63) is 60.4 Å². The zero-order valence-corrected chi connectivity index (χ0v) is 18.6. The fraction of sp³-hybridized carbons (Fsp3) is 0.333. The number of nitrogens with one attached hydrogen (secondary N) is 1. The van der Waals surface area contributed by atoms with Gasteiger partial charge in [0.05, 0.1) is 19.9 Å². The summed E-state index contributed by atoms with van der Waals surface area (Å²) in [4.78, 5) is 15.3. The zero-order valence-electron chi connectivity index (χ0n) is 18.6. The van der Waals surface area contributed by atoms with Crippen LogP contribution in [0.4, 0.5) is 0 Å². The second kappa shape index (κ2) is 10.6. The van der Waals surface area contributed by atoms with Crippen molar-refractivity contribution in [2.75, 3.05) is 40.4 Å². The molecule has 7 nitrogen and oxygen atoms in total. The van der Waals surface area contributed by atoms with Crippen molar-refractivity contribution in [2.45, 2.75) is 13.8 Å². The van der Waals surface area contributed by atoms with Gasteiger partial charge in [0.2, 0.25) is 0 Å². The van der Waals surface area contributed by atoms with Gasteiger partial charge >= 0.3 is 0 Å². The quantitative estimate of drug-likeness (QED) is 0.540. The second-order valence-corrected chi connectivity index (χ2v) is 7.02. The molecule has 0 aliphatic rings. The van der Waals surface area contributed by atoms with Crippen LogP contribution in [-0.2, 0) is 0 Å². The molecular weight excluding hydrogens is 392 g/mol.